The van der Waals surface area contributed by atoms with Gasteiger partial charge in [0.2, 0.25) is 5.95 Å². The number of methoxy groups -OCH3 is 1. The van der Waals surface area contributed by atoms with Gasteiger partial charge in [0.05, 0.1) is 12.3 Å². The Labute approximate surface area is 119 Å². The predicted octanol–water partition coefficient (Wildman–Crippen LogP) is 2.91. The molecule has 0 atom stereocenters. The van der Waals surface area contributed by atoms with Gasteiger partial charge in [-0.15, -0.1) is 0 Å². The van der Waals surface area contributed by atoms with Gasteiger partial charge < -0.3 is 10.1 Å². The average molecular weight is 269 g/mol. The number of nitrogens with zero attached hydrogens (tertiary/aromatic N) is 2. The van der Waals surface area contributed by atoms with Crippen LogP contribution in [-0.2, 0) is 11.2 Å². The Morgan fingerprint density at radius 1 is 1.20 bits per heavy atom. The Morgan fingerprint density at radius 2 is 2.00 bits per heavy atom. The smallest absolute Gasteiger partial charge is 0.223 e. The normalized spacial score (nSPS) is 14.2. The van der Waals surface area contributed by atoms with Crippen LogP contribution >= 0.6 is 0 Å². The molecule has 3 rings (SSSR count). The second kappa shape index (κ2) is 6.01. The molecule has 1 heterocycles. The van der Waals surface area contributed by atoms with E-state index in [1.807, 2.05) is 12.3 Å². The van der Waals surface area contributed by atoms with Crippen LogP contribution in [0, 0.1) is 0 Å². The molecule has 1 aromatic heterocycles. The molecule has 20 heavy (non-hydrogen) atoms. The van der Waals surface area contributed by atoms with Gasteiger partial charge >= 0.3 is 0 Å². The van der Waals surface area contributed by atoms with E-state index in [4.69, 9.17) is 4.74 Å². The Bertz CT molecular complexity index is 564. The molecule has 4 nitrogen and oxygen atoms in total. The van der Waals surface area contributed by atoms with Gasteiger partial charge in [-0.3, -0.25) is 0 Å². The molecule has 1 N–H and O–H groups in total. The summed E-state index contributed by atoms with van der Waals surface area (Å²) in [4.78, 5) is 8.83. The van der Waals surface area contributed by atoms with E-state index in [1.165, 1.54) is 18.4 Å². The van der Waals surface area contributed by atoms with Gasteiger partial charge in [-0.25, -0.2) is 9.97 Å². The summed E-state index contributed by atoms with van der Waals surface area (Å²) in [7, 11) is 1.73. The van der Waals surface area contributed by atoms with Crippen molar-refractivity contribution in [3.63, 3.8) is 0 Å². The van der Waals surface area contributed by atoms with Gasteiger partial charge in [0, 0.05) is 24.9 Å². The topological polar surface area (TPSA) is 47.0 Å². The van der Waals surface area contributed by atoms with Crippen molar-refractivity contribution < 1.29 is 4.74 Å². The van der Waals surface area contributed by atoms with Gasteiger partial charge in [0.15, 0.2) is 0 Å². The first-order chi connectivity index (χ1) is 9.85. The predicted molar refractivity (Wildman–Crippen MR) is 79.7 cm³/mol. The summed E-state index contributed by atoms with van der Waals surface area (Å²) in [5.74, 6) is 0.730. The summed E-state index contributed by atoms with van der Waals surface area (Å²) in [6.45, 7) is 0.752. The maximum absolute atomic E-state index is 5.09. The van der Waals surface area contributed by atoms with Gasteiger partial charge in [-0.05, 0) is 30.9 Å². The van der Waals surface area contributed by atoms with E-state index in [0.29, 0.717) is 6.04 Å². The number of hydrogen-bond acceptors (Lipinski definition) is 4. The second-order valence-corrected chi connectivity index (χ2v) is 5.12. The summed E-state index contributed by atoms with van der Waals surface area (Å²) in [5, 5.41) is 3.33. The summed E-state index contributed by atoms with van der Waals surface area (Å²) in [6.07, 6.45) is 5.20. The van der Waals surface area contributed by atoms with Crippen LogP contribution in [0.1, 0.15) is 18.4 Å². The third-order valence-electron chi connectivity index (χ3n) is 3.41. The van der Waals surface area contributed by atoms with Crippen LogP contribution in [0.5, 0.6) is 0 Å². The van der Waals surface area contributed by atoms with E-state index in [2.05, 4.69) is 39.6 Å². The van der Waals surface area contributed by atoms with Crippen molar-refractivity contribution in [2.24, 2.45) is 0 Å². The highest BCUT2D eigenvalue weighted by Gasteiger charge is 2.21. The van der Waals surface area contributed by atoms with Crippen molar-refractivity contribution in [2.45, 2.75) is 25.3 Å². The minimum Gasteiger partial charge on any atom is -0.384 e. The lowest BCUT2D eigenvalue weighted by molar-refractivity contribution is 0.202. The highest BCUT2D eigenvalue weighted by atomic mass is 16.5. The molecule has 0 saturated heterocycles. The van der Waals surface area contributed by atoms with E-state index >= 15 is 0 Å². The molecule has 0 radical (unpaired) electrons. The van der Waals surface area contributed by atoms with E-state index in [9.17, 15) is 0 Å². The highest BCUT2D eigenvalue weighted by Crippen LogP contribution is 2.24. The van der Waals surface area contributed by atoms with Crippen LogP contribution in [0.4, 0.5) is 5.95 Å². The average Bonchev–Trinajstić information content (AvgIpc) is 3.30. The van der Waals surface area contributed by atoms with Crippen molar-refractivity contribution in [3.8, 4) is 11.3 Å². The lowest BCUT2D eigenvalue weighted by Crippen LogP contribution is -2.05. The van der Waals surface area contributed by atoms with Crippen molar-refractivity contribution in [3.05, 3.63) is 42.1 Å². The maximum atomic E-state index is 5.09. The first-order valence-corrected chi connectivity index (χ1v) is 7.03. The fraction of sp³-hybridized carbons (Fsp3) is 0.375. The van der Waals surface area contributed by atoms with Crippen molar-refractivity contribution >= 4 is 5.95 Å². The third kappa shape index (κ3) is 3.33. The summed E-state index contributed by atoms with van der Waals surface area (Å²) in [6, 6.07) is 11.0. The highest BCUT2D eigenvalue weighted by molar-refractivity contribution is 5.60. The van der Waals surface area contributed by atoms with Crippen molar-refractivity contribution in [1.82, 2.24) is 9.97 Å². The van der Waals surface area contributed by atoms with E-state index in [1.54, 1.807) is 7.11 Å². The number of anilines is 1. The Hall–Kier alpha value is -1.94. The first-order valence-electron chi connectivity index (χ1n) is 7.03. The third-order valence-corrected chi connectivity index (χ3v) is 3.41. The molecule has 1 fully saturated rings. The van der Waals surface area contributed by atoms with E-state index in [-0.39, 0.29) is 0 Å². The van der Waals surface area contributed by atoms with Gasteiger partial charge in [0.25, 0.3) is 0 Å². The lowest BCUT2D eigenvalue weighted by Gasteiger charge is -2.06. The van der Waals surface area contributed by atoms with Gasteiger partial charge in [-0.2, -0.15) is 0 Å². The minimum atomic E-state index is 0.571. The van der Waals surface area contributed by atoms with Crippen LogP contribution < -0.4 is 5.32 Å². The standard InChI is InChI=1S/C16H19N3O/c1-20-11-9-12-2-4-13(5-3-12)15-8-10-17-16(19-15)18-14-6-7-14/h2-5,8,10,14H,6-7,9,11H2,1H3,(H,17,18,19). The van der Waals surface area contributed by atoms with E-state index < -0.39 is 0 Å². The molecule has 0 aliphatic heterocycles. The van der Waals surface area contributed by atoms with Crippen LogP contribution in [-0.4, -0.2) is 29.7 Å². The zero-order valence-electron chi connectivity index (χ0n) is 11.7. The number of ether oxygens (including phenoxy) is 1. The Morgan fingerprint density at radius 3 is 2.70 bits per heavy atom. The maximum Gasteiger partial charge on any atom is 0.223 e. The molecule has 1 saturated carbocycles. The first kappa shape index (κ1) is 13.1. The molecule has 0 spiro atoms. The fourth-order valence-corrected chi connectivity index (χ4v) is 2.06. The van der Waals surface area contributed by atoms with Gasteiger partial charge in [-0.1, -0.05) is 24.3 Å². The SMILES string of the molecule is COCCc1ccc(-c2ccnc(NC3CC3)n2)cc1. The number of rotatable bonds is 6. The second-order valence-electron chi connectivity index (χ2n) is 5.12. The number of benzene rings is 1. The Balaban J connectivity index is 1.74. The van der Waals surface area contributed by atoms with Crippen LogP contribution in [0.3, 0.4) is 0 Å². The quantitative estimate of drug-likeness (QED) is 0.876. The summed E-state index contributed by atoms with van der Waals surface area (Å²) in [5.41, 5.74) is 3.36. The number of aromatic nitrogens is 2. The number of hydrogen-bond donors (Lipinski definition) is 1. The summed E-state index contributed by atoms with van der Waals surface area (Å²) >= 11 is 0. The van der Waals surface area contributed by atoms with Crippen LogP contribution in [0.25, 0.3) is 11.3 Å². The van der Waals surface area contributed by atoms with Crippen LogP contribution in [0.2, 0.25) is 0 Å². The molecule has 0 bridgehead atoms. The van der Waals surface area contributed by atoms with Crippen molar-refractivity contribution in [1.29, 1.82) is 0 Å². The van der Waals surface area contributed by atoms with Crippen molar-refractivity contribution in [2.75, 3.05) is 19.0 Å². The monoisotopic (exact) mass is 269 g/mol. The molecule has 1 aromatic carbocycles. The largest absolute Gasteiger partial charge is 0.384 e. The molecule has 4 heteroatoms. The molecule has 1 aliphatic carbocycles. The van der Waals surface area contributed by atoms with E-state index in [0.717, 1.165) is 30.2 Å². The summed E-state index contributed by atoms with van der Waals surface area (Å²) < 4.78 is 5.09. The Kier molecular flexibility index (Phi) is 3.92. The minimum absolute atomic E-state index is 0.571. The molecule has 104 valence electrons. The molecule has 0 unspecified atom stereocenters. The van der Waals surface area contributed by atoms with Gasteiger partial charge in [0.1, 0.15) is 0 Å². The molecule has 2 aromatic rings. The molecular weight excluding hydrogens is 250 g/mol. The number of nitrogens with one attached hydrogen (secondary N) is 1. The zero-order chi connectivity index (χ0) is 13.8. The molecule has 1 aliphatic rings. The lowest BCUT2D eigenvalue weighted by atomic mass is 10.1. The molecular formula is C16H19N3O. The van der Waals surface area contributed by atoms with Crippen LogP contribution in [0.15, 0.2) is 36.5 Å². The fourth-order valence-electron chi connectivity index (χ4n) is 2.06. The zero-order valence-corrected chi connectivity index (χ0v) is 11.7. The molecule has 0 amide bonds.